The van der Waals surface area contributed by atoms with E-state index in [1.807, 2.05) is 19.2 Å². The molecule has 3 aromatic heterocycles. The van der Waals surface area contributed by atoms with Gasteiger partial charge in [0, 0.05) is 11.6 Å². The van der Waals surface area contributed by atoms with Crippen LogP contribution in [0.15, 0.2) is 48.5 Å². The van der Waals surface area contributed by atoms with Crippen LogP contribution in [0.1, 0.15) is 25.6 Å². The number of imidazole rings is 1. The zero-order chi connectivity index (χ0) is 23.3. The number of benzene rings is 1. The third kappa shape index (κ3) is 3.70. The Morgan fingerprint density at radius 3 is 2.79 bits per heavy atom. The fourth-order valence-electron chi connectivity index (χ4n) is 4.14. The van der Waals surface area contributed by atoms with E-state index in [4.69, 9.17) is 14.2 Å². The number of nitrogens with zero attached hydrogens (tertiary/aromatic N) is 5. The van der Waals surface area contributed by atoms with E-state index in [1.54, 1.807) is 35.3 Å². The van der Waals surface area contributed by atoms with Gasteiger partial charge in [0.25, 0.3) is 0 Å². The quantitative estimate of drug-likeness (QED) is 0.446. The summed E-state index contributed by atoms with van der Waals surface area (Å²) >= 11 is 1.46. The first kappa shape index (κ1) is 21.1. The van der Waals surface area contributed by atoms with Crippen molar-refractivity contribution in [3.05, 3.63) is 59.9 Å². The molecule has 0 aliphatic carbocycles. The van der Waals surface area contributed by atoms with Gasteiger partial charge in [0.15, 0.2) is 34.1 Å². The van der Waals surface area contributed by atoms with Crippen molar-refractivity contribution in [1.29, 1.82) is 0 Å². The summed E-state index contributed by atoms with van der Waals surface area (Å²) in [5.74, 6) is 5.23. The van der Waals surface area contributed by atoms with Gasteiger partial charge in [0.2, 0.25) is 0 Å². The number of fused-ring (bicyclic) bond motifs is 2. The zero-order valence-corrected chi connectivity index (χ0v) is 19.0. The predicted octanol–water partition coefficient (Wildman–Crippen LogP) is 3.63. The van der Waals surface area contributed by atoms with Crippen LogP contribution in [0.4, 0.5) is 15.3 Å². The summed E-state index contributed by atoms with van der Waals surface area (Å²) in [5.41, 5.74) is 1.42. The summed E-state index contributed by atoms with van der Waals surface area (Å²) in [4.78, 5) is 17.5. The molecule has 0 amide bonds. The van der Waals surface area contributed by atoms with Gasteiger partial charge in [0.1, 0.15) is 30.5 Å². The predicted molar refractivity (Wildman–Crippen MR) is 122 cm³/mol. The number of rotatable bonds is 3. The average molecular weight is 479 g/mol. The first-order valence-corrected chi connectivity index (χ1v) is 11.5. The molecule has 9 nitrogen and oxygen atoms in total. The fraction of sp³-hybridized carbons (Fsp3) is 0.304. The Morgan fingerprint density at radius 1 is 1.12 bits per heavy atom. The maximum atomic E-state index is 14.1. The Morgan fingerprint density at radius 2 is 1.97 bits per heavy atom. The van der Waals surface area contributed by atoms with Crippen molar-refractivity contribution < 1.29 is 18.6 Å². The Kier molecular flexibility index (Phi) is 5.04. The first-order chi connectivity index (χ1) is 16.5. The maximum absolute atomic E-state index is 14.1. The molecule has 34 heavy (non-hydrogen) atoms. The summed E-state index contributed by atoms with van der Waals surface area (Å²) in [6.07, 6.45) is 2.63. The standard InChI is InChI=1S/C23H19FN6O3S/c1-23(2)32-17-15(8-7-13-5-3-4-6-14(13)24)31-21(18(17)33-23)30-12-28-16-19(26-11-27-20(16)30)29-22-25-9-10-34-22/h3-6,9-12,15,17-18,21H,1-2H3,(H,25,26,27,29)/t15-,17-,18+,21-/m1/s1. The summed E-state index contributed by atoms with van der Waals surface area (Å²) in [6.45, 7) is 3.68. The number of ether oxygens (including phenoxy) is 3. The van der Waals surface area contributed by atoms with Gasteiger partial charge < -0.3 is 19.5 Å². The number of aromatic nitrogens is 5. The number of nitrogens with one attached hydrogen (secondary N) is 1. The number of halogens is 1. The van der Waals surface area contributed by atoms with Crippen molar-refractivity contribution in [2.24, 2.45) is 0 Å². The number of thiazole rings is 1. The summed E-state index contributed by atoms with van der Waals surface area (Å²) < 4.78 is 34.4. The molecule has 0 spiro atoms. The monoisotopic (exact) mass is 478 g/mol. The second-order valence-electron chi connectivity index (χ2n) is 8.27. The molecule has 0 saturated carbocycles. The topological polar surface area (TPSA) is 96.2 Å². The van der Waals surface area contributed by atoms with Crippen LogP contribution in [-0.2, 0) is 14.2 Å². The average Bonchev–Trinajstić information content (AvgIpc) is 3.58. The maximum Gasteiger partial charge on any atom is 0.188 e. The molecular formula is C23H19FN6O3S. The van der Waals surface area contributed by atoms with E-state index in [0.29, 0.717) is 27.7 Å². The molecule has 1 N–H and O–H groups in total. The highest BCUT2D eigenvalue weighted by Gasteiger charge is 2.56. The van der Waals surface area contributed by atoms with Crippen molar-refractivity contribution in [2.75, 3.05) is 5.32 Å². The smallest absolute Gasteiger partial charge is 0.188 e. The van der Waals surface area contributed by atoms with Crippen molar-refractivity contribution in [1.82, 2.24) is 24.5 Å². The van der Waals surface area contributed by atoms with Crippen molar-refractivity contribution in [2.45, 2.75) is 44.2 Å². The Hall–Kier alpha value is -3.43. The van der Waals surface area contributed by atoms with E-state index in [1.165, 1.54) is 23.7 Å². The first-order valence-electron chi connectivity index (χ1n) is 10.6. The van der Waals surface area contributed by atoms with Gasteiger partial charge in [0.05, 0.1) is 11.9 Å². The molecule has 11 heteroatoms. The molecule has 172 valence electrons. The van der Waals surface area contributed by atoms with E-state index in [-0.39, 0.29) is 5.82 Å². The minimum Gasteiger partial charge on any atom is -0.341 e. The molecule has 0 bridgehead atoms. The normalized spacial score (nSPS) is 25.1. The van der Waals surface area contributed by atoms with Crippen LogP contribution >= 0.6 is 11.3 Å². The number of anilines is 2. The molecule has 0 unspecified atom stereocenters. The van der Waals surface area contributed by atoms with Crippen LogP contribution in [0.3, 0.4) is 0 Å². The molecule has 6 rings (SSSR count). The van der Waals surface area contributed by atoms with Crippen LogP contribution in [0.5, 0.6) is 0 Å². The van der Waals surface area contributed by atoms with Crippen molar-refractivity contribution in [3.63, 3.8) is 0 Å². The Bertz CT molecular complexity index is 1410. The van der Waals surface area contributed by atoms with Crippen LogP contribution in [-0.4, -0.2) is 48.6 Å². The van der Waals surface area contributed by atoms with Gasteiger partial charge in [-0.25, -0.2) is 24.3 Å². The lowest BCUT2D eigenvalue weighted by Gasteiger charge is -2.23. The van der Waals surface area contributed by atoms with Gasteiger partial charge in [-0.05, 0) is 26.0 Å². The van der Waals surface area contributed by atoms with E-state index < -0.39 is 30.3 Å². The second kappa shape index (κ2) is 8.11. The number of hydrogen-bond acceptors (Lipinski definition) is 9. The second-order valence-corrected chi connectivity index (χ2v) is 9.16. The number of hydrogen-bond donors (Lipinski definition) is 1. The molecular weight excluding hydrogens is 459 g/mol. The lowest BCUT2D eigenvalue weighted by molar-refractivity contribution is -0.190. The molecule has 2 fully saturated rings. The highest BCUT2D eigenvalue weighted by Crippen LogP contribution is 2.43. The Balaban J connectivity index is 1.35. The molecule has 4 aromatic rings. The van der Waals surface area contributed by atoms with Gasteiger partial charge in [-0.1, -0.05) is 24.0 Å². The van der Waals surface area contributed by atoms with Gasteiger partial charge in [-0.15, -0.1) is 11.3 Å². The molecule has 5 heterocycles. The SMILES string of the molecule is CC1(C)O[C@H]2[C@H](O1)[C@@H](C#Cc1ccccc1F)O[C@H]2n1cnc2c(Nc3nccs3)ncnc21. The van der Waals surface area contributed by atoms with Crippen LogP contribution in [0, 0.1) is 17.7 Å². The van der Waals surface area contributed by atoms with Gasteiger partial charge in [-0.2, -0.15) is 0 Å². The van der Waals surface area contributed by atoms with Crippen molar-refractivity contribution in [3.8, 4) is 11.8 Å². The van der Waals surface area contributed by atoms with E-state index in [9.17, 15) is 4.39 Å². The third-order valence-electron chi connectivity index (χ3n) is 5.54. The van der Waals surface area contributed by atoms with Crippen LogP contribution in [0.25, 0.3) is 11.2 Å². The molecule has 1 aromatic carbocycles. The minimum absolute atomic E-state index is 0.294. The largest absolute Gasteiger partial charge is 0.341 e. The lowest BCUT2D eigenvalue weighted by Crippen LogP contribution is -2.28. The summed E-state index contributed by atoms with van der Waals surface area (Å²) in [7, 11) is 0. The summed E-state index contributed by atoms with van der Waals surface area (Å²) in [5, 5.41) is 5.74. The highest BCUT2D eigenvalue weighted by molar-refractivity contribution is 7.13. The zero-order valence-electron chi connectivity index (χ0n) is 18.2. The van der Waals surface area contributed by atoms with Crippen molar-refractivity contribution >= 4 is 33.5 Å². The van der Waals surface area contributed by atoms with Gasteiger partial charge >= 0.3 is 0 Å². The molecule has 0 radical (unpaired) electrons. The molecule has 2 saturated heterocycles. The lowest BCUT2D eigenvalue weighted by atomic mass is 10.1. The highest BCUT2D eigenvalue weighted by atomic mass is 32.1. The van der Waals surface area contributed by atoms with E-state index >= 15 is 0 Å². The van der Waals surface area contributed by atoms with E-state index in [0.717, 1.165) is 0 Å². The van der Waals surface area contributed by atoms with E-state index in [2.05, 4.69) is 37.1 Å². The van der Waals surface area contributed by atoms with Crippen LogP contribution < -0.4 is 5.32 Å². The minimum atomic E-state index is -0.821. The van der Waals surface area contributed by atoms with Gasteiger partial charge in [-0.3, -0.25) is 4.57 Å². The molecule has 2 aliphatic rings. The fourth-order valence-corrected chi connectivity index (χ4v) is 4.67. The summed E-state index contributed by atoms with van der Waals surface area (Å²) in [6, 6.07) is 6.36. The molecule has 4 atom stereocenters. The molecule has 2 aliphatic heterocycles. The Labute approximate surface area is 197 Å². The third-order valence-corrected chi connectivity index (χ3v) is 6.23. The van der Waals surface area contributed by atoms with Crippen LogP contribution in [0.2, 0.25) is 0 Å².